The third kappa shape index (κ3) is 5.37. The van der Waals surface area contributed by atoms with Crippen LogP contribution in [0.5, 0.6) is 0 Å². The molecule has 0 bridgehead atoms. The Morgan fingerprint density at radius 1 is 1.27 bits per heavy atom. The minimum atomic E-state index is -0.980. The van der Waals surface area contributed by atoms with E-state index in [1.54, 1.807) is 0 Å². The van der Waals surface area contributed by atoms with Gasteiger partial charge in [0.15, 0.2) is 0 Å². The Kier molecular flexibility index (Phi) is 8.02. The molecular formula is C17H25NO3S. The highest BCUT2D eigenvalue weighted by atomic mass is 32.1. The molecule has 4 nitrogen and oxygen atoms in total. The number of thiol groups is 1. The highest BCUT2D eigenvalue weighted by molar-refractivity contribution is 7.80. The number of carbonyl (C=O) groups excluding carboxylic acids is 1. The van der Waals surface area contributed by atoms with Crippen LogP contribution < -0.4 is 5.32 Å². The van der Waals surface area contributed by atoms with Crippen molar-refractivity contribution >= 4 is 24.5 Å². The minimum absolute atomic E-state index is 0.0145. The monoisotopic (exact) mass is 323 g/mol. The molecule has 3 atom stereocenters. The van der Waals surface area contributed by atoms with Gasteiger partial charge in [0.1, 0.15) is 6.04 Å². The van der Waals surface area contributed by atoms with Crippen LogP contribution in [-0.4, -0.2) is 28.8 Å². The van der Waals surface area contributed by atoms with Crippen LogP contribution >= 0.6 is 12.6 Å². The summed E-state index contributed by atoms with van der Waals surface area (Å²) in [6, 6.07) is 8.91. The van der Waals surface area contributed by atoms with E-state index in [1.165, 1.54) is 0 Å². The number of rotatable bonds is 9. The van der Waals surface area contributed by atoms with Gasteiger partial charge in [0.25, 0.3) is 0 Å². The Morgan fingerprint density at radius 2 is 1.91 bits per heavy atom. The largest absolute Gasteiger partial charge is 0.480 e. The lowest BCUT2D eigenvalue weighted by molar-refractivity contribution is -0.142. The molecule has 2 unspecified atom stereocenters. The highest BCUT2D eigenvalue weighted by Crippen LogP contribution is 2.25. The molecule has 0 aliphatic heterocycles. The molecule has 0 saturated heterocycles. The first-order valence-corrected chi connectivity index (χ1v) is 8.33. The lowest BCUT2D eigenvalue weighted by Crippen LogP contribution is -2.45. The predicted molar refractivity (Wildman–Crippen MR) is 91.3 cm³/mol. The van der Waals surface area contributed by atoms with Gasteiger partial charge in [0, 0.05) is 5.75 Å². The van der Waals surface area contributed by atoms with Gasteiger partial charge in [0.05, 0.1) is 5.92 Å². The molecule has 0 aliphatic carbocycles. The molecule has 0 saturated carbocycles. The molecule has 0 spiro atoms. The van der Waals surface area contributed by atoms with E-state index in [2.05, 4.69) is 17.9 Å². The molecule has 0 aromatic heterocycles. The predicted octanol–water partition coefficient (Wildman–Crippen LogP) is 3.10. The van der Waals surface area contributed by atoms with Gasteiger partial charge in [-0.3, -0.25) is 4.79 Å². The lowest BCUT2D eigenvalue weighted by atomic mass is 9.88. The number of hydrogen-bond acceptors (Lipinski definition) is 3. The first kappa shape index (κ1) is 18.6. The summed E-state index contributed by atoms with van der Waals surface area (Å²) < 4.78 is 0. The van der Waals surface area contributed by atoms with E-state index in [1.807, 2.05) is 44.2 Å². The summed E-state index contributed by atoms with van der Waals surface area (Å²) in [7, 11) is 0. The van der Waals surface area contributed by atoms with Crippen LogP contribution in [-0.2, 0) is 9.59 Å². The van der Waals surface area contributed by atoms with Crippen molar-refractivity contribution in [1.29, 1.82) is 0 Å². The van der Waals surface area contributed by atoms with E-state index in [4.69, 9.17) is 0 Å². The van der Waals surface area contributed by atoms with E-state index in [0.717, 1.165) is 18.4 Å². The second-order valence-corrected chi connectivity index (χ2v) is 5.90. The van der Waals surface area contributed by atoms with Crippen LogP contribution in [0, 0.1) is 5.92 Å². The van der Waals surface area contributed by atoms with Crippen LogP contribution in [0.25, 0.3) is 0 Å². The standard InChI is InChI=1S/C17H25NO3S/c1-3-4-10-15(17(20)21)18-16(19)14(11-22)12(2)13-8-6-5-7-9-13/h5-9,12,14-15,22H,3-4,10-11H2,1-2H3,(H,18,19)(H,20,21)/t12?,14?,15-/m0/s1. The van der Waals surface area contributed by atoms with Crippen LogP contribution in [0.2, 0.25) is 0 Å². The molecule has 2 N–H and O–H groups in total. The zero-order valence-corrected chi connectivity index (χ0v) is 14.1. The first-order valence-electron chi connectivity index (χ1n) is 7.70. The molecule has 0 radical (unpaired) electrons. The fraction of sp³-hybridized carbons (Fsp3) is 0.529. The fourth-order valence-electron chi connectivity index (χ4n) is 2.40. The normalized spacial score (nSPS) is 14.9. The molecule has 0 fully saturated rings. The Labute approximate surface area is 137 Å². The number of unbranched alkanes of at least 4 members (excludes halogenated alkanes) is 1. The lowest BCUT2D eigenvalue weighted by Gasteiger charge is -2.24. The van der Waals surface area contributed by atoms with Gasteiger partial charge in [-0.1, -0.05) is 57.0 Å². The van der Waals surface area contributed by atoms with E-state index in [0.29, 0.717) is 12.2 Å². The highest BCUT2D eigenvalue weighted by Gasteiger charge is 2.28. The van der Waals surface area contributed by atoms with Crippen molar-refractivity contribution in [3.63, 3.8) is 0 Å². The number of carboxylic acid groups (broad SMARTS) is 1. The average Bonchev–Trinajstić information content (AvgIpc) is 2.52. The Morgan fingerprint density at radius 3 is 2.41 bits per heavy atom. The van der Waals surface area contributed by atoms with E-state index >= 15 is 0 Å². The summed E-state index contributed by atoms with van der Waals surface area (Å²) in [4.78, 5) is 23.7. The van der Waals surface area contributed by atoms with Gasteiger partial charge in [-0.2, -0.15) is 12.6 Å². The number of carbonyl (C=O) groups is 2. The summed E-state index contributed by atoms with van der Waals surface area (Å²) >= 11 is 4.28. The number of amides is 1. The van der Waals surface area contributed by atoms with Crippen LogP contribution in [0.3, 0.4) is 0 Å². The summed E-state index contributed by atoms with van der Waals surface area (Å²) in [5, 5.41) is 11.9. The van der Waals surface area contributed by atoms with Gasteiger partial charge < -0.3 is 10.4 Å². The third-order valence-electron chi connectivity index (χ3n) is 3.92. The maximum atomic E-state index is 12.4. The number of nitrogens with one attached hydrogen (secondary N) is 1. The van der Waals surface area contributed by atoms with Crippen LogP contribution in [0.15, 0.2) is 30.3 Å². The van der Waals surface area contributed by atoms with Crippen molar-refractivity contribution in [2.45, 2.75) is 45.1 Å². The number of aliphatic carboxylic acids is 1. The number of carboxylic acids is 1. The van der Waals surface area contributed by atoms with Crippen molar-refractivity contribution in [3.8, 4) is 0 Å². The zero-order valence-electron chi connectivity index (χ0n) is 13.2. The maximum absolute atomic E-state index is 12.4. The summed E-state index contributed by atoms with van der Waals surface area (Å²) in [5.41, 5.74) is 1.05. The molecule has 0 aliphatic rings. The summed E-state index contributed by atoms with van der Waals surface area (Å²) in [6.07, 6.45) is 2.13. The molecule has 1 aromatic carbocycles. The van der Waals surface area contributed by atoms with Crippen molar-refractivity contribution in [2.75, 3.05) is 5.75 Å². The molecule has 122 valence electrons. The van der Waals surface area contributed by atoms with E-state index in [-0.39, 0.29) is 17.7 Å². The van der Waals surface area contributed by atoms with Gasteiger partial charge in [-0.25, -0.2) is 4.79 Å². The fourth-order valence-corrected chi connectivity index (χ4v) is 2.88. The molecule has 1 aromatic rings. The zero-order chi connectivity index (χ0) is 16.5. The molecular weight excluding hydrogens is 298 g/mol. The van der Waals surface area contributed by atoms with E-state index in [9.17, 15) is 14.7 Å². The van der Waals surface area contributed by atoms with Crippen LogP contribution in [0.4, 0.5) is 0 Å². The molecule has 1 amide bonds. The summed E-state index contributed by atoms with van der Waals surface area (Å²) in [6.45, 7) is 3.96. The van der Waals surface area contributed by atoms with E-state index < -0.39 is 12.0 Å². The topological polar surface area (TPSA) is 66.4 Å². The number of benzene rings is 1. The SMILES string of the molecule is CCCC[C@H](NC(=O)C(CS)C(C)c1ccccc1)C(=O)O. The Hall–Kier alpha value is -1.49. The first-order chi connectivity index (χ1) is 10.5. The molecule has 22 heavy (non-hydrogen) atoms. The quantitative estimate of drug-likeness (QED) is 0.612. The smallest absolute Gasteiger partial charge is 0.326 e. The maximum Gasteiger partial charge on any atom is 0.326 e. The van der Waals surface area contributed by atoms with Gasteiger partial charge in [-0.05, 0) is 17.9 Å². The summed E-state index contributed by atoms with van der Waals surface area (Å²) in [5.74, 6) is -1.21. The number of hydrogen-bond donors (Lipinski definition) is 3. The Balaban J connectivity index is 2.76. The molecule has 1 rings (SSSR count). The van der Waals surface area contributed by atoms with Crippen LogP contribution in [0.1, 0.15) is 44.6 Å². The van der Waals surface area contributed by atoms with Gasteiger partial charge in [0.2, 0.25) is 5.91 Å². The minimum Gasteiger partial charge on any atom is -0.480 e. The van der Waals surface area contributed by atoms with Crippen molar-refractivity contribution in [2.24, 2.45) is 5.92 Å². The molecule has 0 heterocycles. The van der Waals surface area contributed by atoms with Crippen molar-refractivity contribution < 1.29 is 14.7 Å². The average molecular weight is 323 g/mol. The third-order valence-corrected chi connectivity index (χ3v) is 4.32. The van der Waals surface area contributed by atoms with Gasteiger partial charge >= 0.3 is 5.97 Å². The second-order valence-electron chi connectivity index (χ2n) is 5.53. The molecule has 5 heteroatoms. The van der Waals surface area contributed by atoms with Crippen molar-refractivity contribution in [3.05, 3.63) is 35.9 Å². The second kappa shape index (κ2) is 9.51. The van der Waals surface area contributed by atoms with Gasteiger partial charge in [-0.15, -0.1) is 0 Å². The van der Waals surface area contributed by atoms with Crippen molar-refractivity contribution in [1.82, 2.24) is 5.32 Å². The Bertz CT molecular complexity index is 478.